The van der Waals surface area contributed by atoms with Gasteiger partial charge in [0.25, 0.3) is 5.70 Å². The van der Waals surface area contributed by atoms with Gasteiger partial charge in [0.1, 0.15) is 6.04 Å². The third kappa shape index (κ3) is 1.66. The molecule has 0 aromatic carbocycles. The molecular formula is C6H6BrN3O4. The summed E-state index contributed by atoms with van der Waals surface area (Å²) in [7, 11) is 0. The van der Waals surface area contributed by atoms with Crippen molar-refractivity contribution in [3.8, 4) is 0 Å². The Morgan fingerprint density at radius 1 is 1.50 bits per heavy atom. The Morgan fingerprint density at radius 2 is 2.07 bits per heavy atom. The molecule has 76 valence electrons. The van der Waals surface area contributed by atoms with E-state index in [1.807, 2.05) is 0 Å². The highest BCUT2D eigenvalue weighted by atomic mass is 79.9. The molecule has 2 atom stereocenters. The number of nitrogens with two attached hydrogens (primary N) is 1. The zero-order chi connectivity index (χ0) is 10.9. The van der Waals surface area contributed by atoms with Crippen molar-refractivity contribution >= 4 is 15.9 Å². The molecule has 0 spiro atoms. The second-order valence-corrected chi connectivity index (χ2v) is 3.97. The van der Waals surface area contributed by atoms with Gasteiger partial charge < -0.3 is 5.73 Å². The highest BCUT2D eigenvalue weighted by Gasteiger charge is 2.47. The predicted molar refractivity (Wildman–Crippen MR) is 50.8 cm³/mol. The molecule has 0 aromatic heterocycles. The van der Waals surface area contributed by atoms with Gasteiger partial charge in [-0.15, -0.1) is 0 Å². The van der Waals surface area contributed by atoms with E-state index in [0.29, 0.717) is 0 Å². The lowest BCUT2D eigenvalue weighted by atomic mass is 10.0. The van der Waals surface area contributed by atoms with Crippen LogP contribution in [0, 0.1) is 20.2 Å². The van der Waals surface area contributed by atoms with Gasteiger partial charge in [0.2, 0.25) is 0 Å². The van der Waals surface area contributed by atoms with Gasteiger partial charge in [-0.25, -0.2) is 0 Å². The van der Waals surface area contributed by atoms with Crippen LogP contribution in [0.25, 0.3) is 0 Å². The summed E-state index contributed by atoms with van der Waals surface area (Å²) in [6.45, 7) is 0. The number of nitro groups is 2. The molecular weight excluding hydrogens is 258 g/mol. The molecule has 1 aliphatic carbocycles. The maximum Gasteiger partial charge on any atom is 0.317 e. The maximum atomic E-state index is 10.6. The number of hydrogen-bond acceptors (Lipinski definition) is 5. The van der Waals surface area contributed by atoms with E-state index >= 15 is 0 Å². The van der Waals surface area contributed by atoms with Gasteiger partial charge in [-0.1, -0.05) is 6.08 Å². The van der Waals surface area contributed by atoms with Crippen molar-refractivity contribution in [1.29, 1.82) is 0 Å². The Hall–Kier alpha value is -1.28. The van der Waals surface area contributed by atoms with Crippen LogP contribution in [0.15, 0.2) is 23.9 Å². The standard InChI is InChI=1S/C6H6BrN3O4/c7-6(10(13)14)3-4(9(11)12)1-2-5(6)8/h1-3,5H,8H2. The van der Waals surface area contributed by atoms with Crippen LogP contribution in [0.5, 0.6) is 0 Å². The Bertz CT molecular complexity index is 353. The normalized spacial score (nSPS) is 31.0. The predicted octanol–water partition coefficient (Wildman–Crippen LogP) is 0.412. The fourth-order valence-corrected chi connectivity index (χ4v) is 1.36. The monoisotopic (exact) mass is 263 g/mol. The SMILES string of the molecule is NC1C=CC([N+](=O)[O-])=CC1(Br)[N+](=O)[O-]. The third-order valence-corrected chi connectivity index (χ3v) is 2.83. The zero-order valence-corrected chi connectivity index (χ0v) is 8.38. The fraction of sp³-hybridized carbons (Fsp3) is 0.333. The minimum Gasteiger partial charge on any atom is -0.317 e. The molecule has 1 aliphatic rings. The van der Waals surface area contributed by atoms with Crippen molar-refractivity contribution in [2.45, 2.75) is 10.5 Å². The lowest BCUT2D eigenvalue weighted by Gasteiger charge is -2.21. The molecule has 2 unspecified atom stereocenters. The van der Waals surface area contributed by atoms with E-state index < -0.39 is 20.3 Å². The molecule has 14 heavy (non-hydrogen) atoms. The highest BCUT2D eigenvalue weighted by molar-refractivity contribution is 9.10. The van der Waals surface area contributed by atoms with Crippen molar-refractivity contribution in [2.75, 3.05) is 0 Å². The van der Waals surface area contributed by atoms with E-state index in [1.54, 1.807) is 0 Å². The molecule has 0 heterocycles. The number of rotatable bonds is 2. The van der Waals surface area contributed by atoms with Gasteiger partial charge in [0, 0.05) is 26.9 Å². The Balaban J connectivity index is 3.14. The van der Waals surface area contributed by atoms with Crippen molar-refractivity contribution in [1.82, 2.24) is 0 Å². The molecule has 0 saturated heterocycles. The van der Waals surface area contributed by atoms with Crippen LogP contribution >= 0.6 is 15.9 Å². The number of hydrogen-bond donors (Lipinski definition) is 1. The molecule has 8 heteroatoms. The van der Waals surface area contributed by atoms with Crippen LogP contribution in [0.4, 0.5) is 0 Å². The maximum absolute atomic E-state index is 10.6. The average molecular weight is 264 g/mol. The topological polar surface area (TPSA) is 112 Å². The highest BCUT2D eigenvalue weighted by Crippen LogP contribution is 2.30. The summed E-state index contributed by atoms with van der Waals surface area (Å²) in [6.07, 6.45) is 3.25. The lowest BCUT2D eigenvalue weighted by molar-refractivity contribution is -0.525. The summed E-state index contributed by atoms with van der Waals surface area (Å²) >= 11 is 2.78. The van der Waals surface area contributed by atoms with Gasteiger partial charge >= 0.3 is 4.45 Å². The van der Waals surface area contributed by atoms with E-state index in [1.165, 1.54) is 6.08 Å². The molecule has 0 aliphatic heterocycles. The summed E-state index contributed by atoms with van der Waals surface area (Å²) < 4.78 is -1.79. The minimum atomic E-state index is -1.79. The second-order valence-electron chi connectivity index (χ2n) is 2.70. The molecule has 0 saturated carbocycles. The van der Waals surface area contributed by atoms with Gasteiger partial charge in [0.15, 0.2) is 0 Å². The van der Waals surface area contributed by atoms with Gasteiger partial charge in [-0.2, -0.15) is 0 Å². The molecule has 0 amide bonds. The Labute approximate surface area is 86.7 Å². The molecule has 0 fully saturated rings. The van der Waals surface area contributed by atoms with Crippen LogP contribution in [-0.2, 0) is 0 Å². The van der Waals surface area contributed by atoms with E-state index in [9.17, 15) is 20.2 Å². The summed E-state index contributed by atoms with van der Waals surface area (Å²) in [4.78, 5) is 19.6. The summed E-state index contributed by atoms with van der Waals surface area (Å²) in [6, 6.07) is -0.929. The smallest absolute Gasteiger partial charge is 0.317 e. The molecule has 0 radical (unpaired) electrons. The van der Waals surface area contributed by atoms with Gasteiger partial charge in [0.05, 0.1) is 11.0 Å². The number of nitrogens with zero attached hydrogens (tertiary/aromatic N) is 2. The van der Waals surface area contributed by atoms with E-state index in [2.05, 4.69) is 15.9 Å². The molecule has 1 rings (SSSR count). The van der Waals surface area contributed by atoms with E-state index in [-0.39, 0.29) is 5.70 Å². The van der Waals surface area contributed by atoms with Crippen LogP contribution < -0.4 is 5.73 Å². The minimum absolute atomic E-state index is 0.347. The van der Waals surface area contributed by atoms with Crippen LogP contribution in [0.1, 0.15) is 0 Å². The number of alkyl halides is 1. The van der Waals surface area contributed by atoms with Gasteiger partial charge in [-0.05, 0) is 0 Å². The van der Waals surface area contributed by atoms with E-state index in [4.69, 9.17) is 5.73 Å². The quantitative estimate of drug-likeness (QED) is 0.336. The third-order valence-electron chi connectivity index (χ3n) is 1.78. The number of allylic oxidation sites excluding steroid dienone is 1. The summed E-state index contributed by atoms with van der Waals surface area (Å²) in [5.74, 6) is 0. The molecule has 2 N–H and O–H groups in total. The van der Waals surface area contributed by atoms with Crippen LogP contribution in [0.3, 0.4) is 0 Å². The van der Waals surface area contributed by atoms with Crippen LogP contribution in [-0.4, -0.2) is 20.3 Å². The van der Waals surface area contributed by atoms with Gasteiger partial charge in [-0.3, -0.25) is 20.2 Å². The lowest BCUT2D eigenvalue weighted by Crippen LogP contribution is -2.48. The van der Waals surface area contributed by atoms with E-state index in [0.717, 1.165) is 12.2 Å². The fourth-order valence-electron chi connectivity index (χ4n) is 0.977. The van der Waals surface area contributed by atoms with Crippen LogP contribution in [0.2, 0.25) is 0 Å². The number of halogens is 1. The molecule has 7 nitrogen and oxygen atoms in total. The van der Waals surface area contributed by atoms with Crippen molar-refractivity contribution in [3.63, 3.8) is 0 Å². The molecule has 0 aromatic rings. The largest absolute Gasteiger partial charge is 0.317 e. The zero-order valence-electron chi connectivity index (χ0n) is 6.79. The first kappa shape index (κ1) is 10.8. The summed E-state index contributed by atoms with van der Waals surface area (Å²) in [5.41, 5.74) is 5.09. The average Bonchev–Trinajstić information content (AvgIpc) is 2.09. The first-order valence-electron chi connectivity index (χ1n) is 3.52. The Morgan fingerprint density at radius 3 is 2.50 bits per heavy atom. The molecule has 0 bridgehead atoms. The first-order chi connectivity index (χ1) is 6.38. The van der Waals surface area contributed by atoms with Crippen molar-refractivity contribution in [3.05, 3.63) is 44.2 Å². The first-order valence-corrected chi connectivity index (χ1v) is 4.31. The summed E-state index contributed by atoms with van der Waals surface area (Å²) in [5, 5.41) is 21.0. The second kappa shape index (κ2) is 3.46. The van der Waals surface area contributed by atoms with Crippen molar-refractivity contribution in [2.24, 2.45) is 5.73 Å². The van der Waals surface area contributed by atoms with Crippen molar-refractivity contribution < 1.29 is 9.85 Å². The Kier molecular flexibility index (Phi) is 2.67.